The lowest BCUT2D eigenvalue weighted by Gasteiger charge is -2.29. The van der Waals surface area contributed by atoms with Crippen molar-refractivity contribution in [2.45, 2.75) is 6.10 Å². The maximum Gasteiger partial charge on any atom is 0.257 e. The van der Waals surface area contributed by atoms with Gasteiger partial charge in [0.25, 0.3) is 5.91 Å². The van der Waals surface area contributed by atoms with E-state index in [1.54, 1.807) is 6.20 Å². The van der Waals surface area contributed by atoms with Gasteiger partial charge in [-0.05, 0) is 12.1 Å². The van der Waals surface area contributed by atoms with Crippen LogP contribution in [0, 0.1) is 0 Å². The van der Waals surface area contributed by atoms with Crippen molar-refractivity contribution in [3.05, 3.63) is 18.3 Å². The predicted molar refractivity (Wildman–Crippen MR) is 78.5 cm³/mol. The monoisotopic (exact) mass is 292 g/mol. The van der Waals surface area contributed by atoms with E-state index in [4.69, 9.17) is 9.47 Å². The topological polar surface area (TPSA) is 75.7 Å². The minimum atomic E-state index is -0.548. The molecule has 1 amide bonds. The zero-order valence-electron chi connectivity index (χ0n) is 11.9. The number of aromatic nitrogens is 1. The number of nitrogens with zero attached hydrogens (tertiary/aromatic N) is 2. The summed E-state index contributed by atoms with van der Waals surface area (Å²) in [5, 5.41) is 6.07. The van der Waals surface area contributed by atoms with Gasteiger partial charge in [0.15, 0.2) is 6.10 Å². The Labute approximate surface area is 123 Å². The fourth-order valence-corrected chi connectivity index (χ4v) is 2.42. The zero-order valence-corrected chi connectivity index (χ0v) is 11.9. The number of carbonyl (C=O) groups is 1. The molecule has 0 bridgehead atoms. The summed E-state index contributed by atoms with van der Waals surface area (Å²) in [6.07, 6.45) is 1.24. The van der Waals surface area contributed by atoms with Gasteiger partial charge < -0.3 is 25.0 Å². The number of ether oxygens (including phenoxy) is 2. The first-order valence-electron chi connectivity index (χ1n) is 7.25. The average molecular weight is 292 g/mol. The van der Waals surface area contributed by atoms with E-state index in [0.717, 1.165) is 31.9 Å². The largest absolute Gasteiger partial charge is 0.376 e. The average Bonchev–Trinajstić information content (AvgIpc) is 2.57. The molecule has 1 unspecified atom stereocenters. The molecule has 2 aliphatic rings. The third-order valence-electron chi connectivity index (χ3n) is 3.59. The van der Waals surface area contributed by atoms with E-state index in [-0.39, 0.29) is 5.91 Å². The van der Waals surface area contributed by atoms with Crippen LogP contribution in [-0.4, -0.2) is 63.0 Å². The third kappa shape index (κ3) is 3.69. The maximum atomic E-state index is 12.0. The maximum absolute atomic E-state index is 12.0. The van der Waals surface area contributed by atoms with Crippen molar-refractivity contribution in [2.75, 3.05) is 56.2 Å². The molecule has 0 saturated carbocycles. The molecule has 0 radical (unpaired) electrons. The smallest absolute Gasteiger partial charge is 0.257 e. The molecule has 2 N–H and O–H groups in total. The van der Waals surface area contributed by atoms with Gasteiger partial charge in [0.2, 0.25) is 0 Å². The van der Waals surface area contributed by atoms with Gasteiger partial charge in [0.1, 0.15) is 5.82 Å². The number of carbonyl (C=O) groups excluding carboxylic acids is 1. The molecule has 0 aromatic carbocycles. The quantitative estimate of drug-likeness (QED) is 0.806. The Morgan fingerprint density at radius 2 is 2.19 bits per heavy atom. The predicted octanol–water partition coefficient (Wildman–Crippen LogP) is -0.155. The van der Waals surface area contributed by atoms with Crippen molar-refractivity contribution >= 4 is 17.4 Å². The van der Waals surface area contributed by atoms with Crippen LogP contribution < -0.4 is 15.5 Å². The number of pyridine rings is 1. The zero-order chi connectivity index (χ0) is 14.5. The molecule has 3 rings (SSSR count). The summed E-state index contributed by atoms with van der Waals surface area (Å²) >= 11 is 0. The van der Waals surface area contributed by atoms with E-state index in [2.05, 4.69) is 20.5 Å². The van der Waals surface area contributed by atoms with Gasteiger partial charge in [-0.3, -0.25) is 4.79 Å². The van der Waals surface area contributed by atoms with E-state index >= 15 is 0 Å². The van der Waals surface area contributed by atoms with E-state index in [9.17, 15) is 4.79 Å². The number of hydrogen-bond donors (Lipinski definition) is 2. The van der Waals surface area contributed by atoms with E-state index < -0.39 is 6.10 Å². The van der Waals surface area contributed by atoms with Crippen LogP contribution >= 0.6 is 0 Å². The molecule has 0 spiro atoms. The fraction of sp³-hybridized carbons (Fsp3) is 0.571. The lowest BCUT2D eigenvalue weighted by molar-refractivity contribution is -0.142. The lowest BCUT2D eigenvalue weighted by Crippen LogP contribution is -2.43. The first-order valence-corrected chi connectivity index (χ1v) is 7.25. The summed E-state index contributed by atoms with van der Waals surface area (Å²) in [5.74, 6) is 0.324. The first-order chi connectivity index (χ1) is 10.3. The fourth-order valence-electron chi connectivity index (χ4n) is 2.42. The Balaban J connectivity index is 1.57. The van der Waals surface area contributed by atoms with E-state index in [1.807, 2.05) is 12.1 Å². The van der Waals surface area contributed by atoms with E-state index in [1.165, 1.54) is 0 Å². The Hall–Kier alpha value is -1.70. The van der Waals surface area contributed by atoms with Gasteiger partial charge in [-0.2, -0.15) is 0 Å². The van der Waals surface area contributed by atoms with Crippen molar-refractivity contribution in [3.8, 4) is 0 Å². The molecule has 21 heavy (non-hydrogen) atoms. The summed E-state index contributed by atoms with van der Waals surface area (Å²) in [4.78, 5) is 18.5. The number of anilines is 2. The van der Waals surface area contributed by atoms with Gasteiger partial charge in [0, 0.05) is 26.2 Å². The number of piperazine rings is 1. The van der Waals surface area contributed by atoms with Crippen LogP contribution in [0.15, 0.2) is 18.3 Å². The Kier molecular flexibility index (Phi) is 4.64. The summed E-state index contributed by atoms with van der Waals surface area (Å²) in [6, 6.07) is 3.80. The summed E-state index contributed by atoms with van der Waals surface area (Å²) in [7, 11) is 0. The van der Waals surface area contributed by atoms with Crippen molar-refractivity contribution in [1.29, 1.82) is 0 Å². The first kappa shape index (κ1) is 14.2. The minimum absolute atomic E-state index is 0.211. The second kappa shape index (κ2) is 6.84. The standard InChI is InChI=1S/C14H20N4O3/c19-14(12-10-20-7-8-21-12)17-13-2-1-11(9-16-13)18-5-3-15-4-6-18/h1-2,9,12,15H,3-8,10H2,(H,16,17,19). The molecule has 7 heteroatoms. The van der Waals surface area contributed by atoms with Crippen LogP contribution in [0.2, 0.25) is 0 Å². The van der Waals surface area contributed by atoms with Gasteiger partial charge in [-0.25, -0.2) is 4.98 Å². The highest BCUT2D eigenvalue weighted by Crippen LogP contribution is 2.16. The lowest BCUT2D eigenvalue weighted by atomic mass is 10.3. The second-order valence-electron chi connectivity index (χ2n) is 5.06. The van der Waals surface area contributed by atoms with Crippen LogP contribution in [0.1, 0.15) is 0 Å². The summed E-state index contributed by atoms with van der Waals surface area (Å²) in [6.45, 7) is 5.20. The summed E-state index contributed by atoms with van der Waals surface area (Å²) in [5.41, 5.74) is 1.08. The van der Waals surface area contributed by atoms with Crippen LogP contribution in [0.3, 0.4) is 0 Å². The molecular formula is C14H20N4O3. The highest BCUT2D eigenvalue weighted by molar-refractivity contribution is 5.93. The van der Waals surface area contributed by atoms with Crippen molar-refractivity contribution in [2.24, 2.45) is 0 Å². The highest BCUT2D eigenvalue weighted by atomic mass is 16.6. The molecule has 2 aliphatic heterocycles. The Morgan fingerprint density at radius 1 is 1.33 bits per heavy atom. The van der Waals surface area contributed by atoms with E-state index in [0.29, 0.717) is 25.6 Å². The van der Waals surface area contributed by atoms with Crippen LogP contribution in [0.4, 0.5) is 11.5 Å². The SMILES string of the molecule is O=C(Nc1ccc(N2CCNCC2)cn1)C1COCCO1. The molecule has 7 nitrogen and oxygen atoms in total. The molecule has 114 valence electrons. The number of amides is 1. The second-order valence-corrected chi connectivity index (χ2v) is 5.06. The van der Waals surface area contributed by atoms with Crippen LogP contribution in [-0.2, 0) is 14.3 Å². The summed E-state index contributed by atoms with van der Waals surface area (Å²) < 4.78 is 10.6. The molecule has 2 saturated heterocycles. The van der Waals surface area contributed by atoms with Crippen molar-refractivity contribution in [1.82, 2.24) is 10.3 Å². The molecule has 2 fully saturated rings. The molecular weight excluding hydrogens is 272 g/mol. The number of hydrogen-bond acceptors (Lipinski definition) is 6. The third-order valence-corrected chi connectivity index (χ3v) is 3.59. The molecule has 1 atom stereocenters. The molecule has 0 aliphatic carbocycles. The normalized spacial score (nSPS) is 22.9. The van der Waals surface area contributed by atoms with Crippen LogP contribution in [0.5, 0.6) is 0 Å². The van der Waals surface area contributed by atoms with Crippen molar-refractivity contribution in [3.63, 3.8) is 0 Å². The minimum Gasteiger partial charge on any atom is -0.376 e. The van der Waals surface area contributed by atoms with Gasteiger partial charge in [-0.1, -0.05) is 0 Å². The number of rotatable bonds is 3. The van der Waals surface area contributed by atoms with Gasteiger partial charge in [0.05, 0.1) is 31.7 Å². The van der Waals surface area contributed by atoms with Gasteiger partial charge >= 0.3 is 0 Å². The molecule has 1 aromatic heterocycles. The van der Waals surface area contributed by atoms with Gasteiger partial charge in [-0.15, -0.1) is 0 Å². The highest BCUT2D eigenvalue weighted by Gasteiger charge is 2.23. The van der Waals surface area contributed by atoms with Crippen molar-refractivity contribution < 1.29 is 14.3 Å². The Morgan fingerprint density at radius 3 is 2.86 bits per heavy atom. The van der Waals surface area contributed by atoms with Crippen LogP contribution in [0.25, 0.3) is 0 Å². The molecule has 3 heterocycles. The number of nitrogens with one attached hydrogen (secondary N) is 2. The Bertz CT molecular complexity index is 468. The molecule has 1 aromatic rings.